The van der Waals surface area contributed by atoms with E-state index in [9.17, 15) is 23.9 Å². The molecule has 0 saturated carbocycles. The fourth-order valence-electron chi connectivity index (χ4n) is 2.61. The van der Waals surface area contributed by atoms with Gasteiger partial charge in [-0.3, -0.25) is 19.3 Å². The summed E-state index contributed by atoms with van der Waals surface area (Å²) in [7, 11) is 0. The lowest BCUT2D eigenvalue weighted by atomic mass is 10.1. The maximum atomic E-state index is 13.0. The molecule has 0 aromatic heterocycles. The summed E-state index contributed by atoms with van der Waals surface area (Å²) >= 11 is 0.793. The summed E-state index contributed by atoms with van der Waals surface area (Å²) in [6.45, 7) is 1.85. The van der Waals surface area contributed by atoms with E-state index >= 15 is 0 Å². The molecule has 3 amide bonds. The Morgan fingerprint density at radius 2 is 1.93 bits per heavy atom. The van der Waals surface area contributed by atoms with Crippen LogP contribution in [0.2, 0.25) is 0 Å². The highest BCUT2D eigenvalue weighted by atomic mass is 32.2. The van der Waals surface area contributed by atoms with Crippen LogP contribution in [0.4, 0.5) is 9.18 Å². The van der Waals surface area contributed by atoms with Gasteiger partial charge in [-0.1, -0.05) is 23.8 Å². The van der Waals surface area contributed by atoms with Gasteiger partial charge in [0.15, 0.2) is 0 Å². The lowest BCUT2D eigenvalue weighted by Crippen LogP contribution is -2.37. The quantitative estimate of drug-likeness (QED) is 0.752. The maximum Gasteiger partial charge on any atom is 0.293 e. The molecule has 0 bridgehead atoms. The number of hydrogen-bond acceptors (Lipinski definition) is 5. The highest BCUT2D eigenvalue weighted by Crippen LogP contribution is 2.31. The van der Waals surface area contributed by atoms with Crippen molar-refractivity contribution in [2.45, 2.75) is 6.92 Å². The third kappa shape index (κ3) is 4.40. The Bertz CT molecular complexity index is 973. The van der Waals surface area contributed by atoms with Crippen molar-refractivity contribution in [3.05, 3.63) is 69.9 Å². The van der Waals surface area contributed by atoms with Gasteiger partial charge < -0.3 is 10.4 Å². The molecular formula is C20H17FN2O4S. The number of nitrogens with one attached hydrogen (secondary N) is 1. The number of thioether (sulfide) groups is 1. The molecule has 1 aliphatic heterocycles. The minimum atomic E-state index is -0.491. The van der Waals surface area contributed by atoms with Crippen LogP contribution in [0, 0.1) is 12.7 Å². The number of aryl methyl sites for hydroxylation is 1. The fraction of sp³-hybridized carbons (Fsp3) is 0.150. The van der Waals surface area contributed by atoms with Crippen molar-refractivity contribution in [3.8, 4) is 5.75 Å². The van der Waals surface area contributed by atoms with Gasteiger partial charge in [0, 0.05) is 13.1 Å². The van der Waals surface area contributed by atoms with E-state index in [1.807, 2.05) is 0 Å². The predicted octanol–water partition coefficient (Wildman–Crippen LogP) is 3.31. The first-order chi connectivity index (χ1) is 13.3. The van der Waals surface area contributed by atoms with Gasteiger partial charge in [0.2, 0.25) is 0 Å². The lowest BCUT2D eigenvalue weighted by Gasteiger charge is -2.13. The molecule has 2 N–H and O–H groups in total. The molecule has 1 aliphatic rings. The number of imide groups is 1. The van der Waals surface area contributed by atoms with E-state index in [0.717, 1.165) is 22.2 Å². The Morgan fingerprint density at radius 1 is 1.21 bits per heavy atom. The molecule has 28 heavy (non-hydrogen) atoms. The van der Waals surface area contributed by atoms with E-state index in [2.05, 4.69) is 5.32 Å². The van der Waals surface area contributed by atoms with Gasteiger partial charge in [-0.05, 0) is 54.6 Å². The van der Waals surface area contributed by atoms with E-state index in [4.69, 9.17) is 0 Å². The van der Waals surface area contributed by atoms with Crippen LogP contribution in [0.1, 0.15) is 21.5 Å². The smallest absolute Gasteiger partial charge is 0.293 e. The number of carbonyl (C=O) groups excluding carboxylic acids is 3. The van der Waals surface area contributed by atoms with Crippen LogP contribution in [0.25, 0.3) is 6.08 Å². The van der Waals surface area contributed by atoms with Gasteiger partial charge in [0.25, 0.3) is 17.1 Å². The summed E-state index contributed by atoms with van der Waals surface area (Å²) in [5.74, 6) is -1.49. The van der Waals surface area contributed by atoms with Crippen LogP contribution in [-0.4, -0.2) is 40.1 Å². The Labute approximate surface area is 165 Å². The van der Waals surface area contributed by atoms with Crippen molar-refractivity contribution < 1.29 is 23.9 Å². The molecule has 8 heteroatoms. The molecule has 2 aromatic rings. The van der Waals surface area contributed by atoms with Crippen LogP contribution < -0.4 is 5.32 Å². The SMILES string of the molecule is Cc1ccc(O)c(C(=O)NCCN2C(=O)S/C(=C\c3ccc(F)cc3)C2=O)c1. The summed E-state index contributed by atoms with van der Waals surface area (Å²) in [6, 6.07) is 10.2. The molecule has 0 spiro atoms. The Hall–Kier alpha value is -3.13. The molecule has 0 aliphatic carbocycles. The second-order valence-corrected chi connectivity index (χ2v) is 7.15. The second-order valence-electron chi connectivity index (χ2n) is 6.16. The monoisotopic (exact) mass is 400 g/mol. The standard InChI is InChI=1S/C20H17FN2O4S/c1-12-2-7-16(24)15(10-12)18(25)22-8-9-23-19(26)17(28-20(23)27)11-13-3-5-14(21)6-4-13/h2-7,10-11,24H,8-9H2,1H3,(H,22,25)/b17-11-. The summed E-state index contributed by atoms with van der Waals surface area (Å²) < 4.78 is 13.0. The third-order valence-corrected chi connectivity index (χ3v) is 4.97. The van der Waals surface area contributed by atoms with Crippen molar-refractivity contribution in [1.82, 2.24) is 10.2 Å². The van der Waals surface area contributed by atoms with Crippen molar-refractivity contribution in [2.75, 3.05) is 13.1 Å². The van der Waals surface area contributed by atoms with Crippen LogP contribution in [-0.2, 0) is 4.79 Å². The first kappa shape index (κ1) is 19.6. The number of phenols is 1. The number of nitrogens with zero attached hydrogens (tertiary/aromatic N) is 1. The van der Waals surface area contributed by atoms with E-state index in [1.165, 1.54) is 36.4 Å². The number of benzene rings is 2. The first-order valence-corrected chi connectivity index (χ1v) is 9.25. The largest absolute Gasteiger partial charge is 0.507 e. The van der Waals surface area contributed by atoms with Crippen molar-refractivity contribution >= 4 is 34.9 Å². The van der Waals surface area contributed by atoms with E-state index in [-0.39, 0.29) is 35.1 Å². The number of phenolic OH excluding ortho intramolecular Hbond substituents is 1. The molecule has 0 radical (unpaired) electrons. The highest BCUT2D eigenvalue weighted by molar-refractivity contribution is 8.18. The highest BCUT2D eigenvalue weighted by Gasteiger charge is 2.34. The third-order valence-electron chi connectivity index (χ3n) is 4.06. The van der Waals surface area contributed by atoms with Crippen molar-refractivity contribution in [1.29, 1.82) is 0 Å². The molecule has 6 nitrogen and oxygen atoms in total. The van der Waals surface area contributed by atoms with Crippen LogP contribution >= 0.6 is 11.8 Å². The number of aromatic hydroxyl groups is 1. The first-order valence-electron chi connectivity index (χ1n) is 8.44. The number of halogens is 1. The molecule has 0 unspecified atom stereocenters. The molecule has 1 fully saturated rings. The number of carbonyl (C=O) groups is 3. The fourth-order valence-corrected chi connectivity index (χ4v) is 3.48. The average Bonchev–Trinajstić information content (AvgIpc) is 2.92. The zero-order valence-corrected chi connectivity index (χ0v) is 15.8. The van der Waals surface area contributed by atoms with Crippen LogP contribution in [0.3, 0.4) is 0 Å². The molecule has 144 valence electrons. The minimum Gasteiger partial charge on any atom is -0.507 e. The average molecular weight is 400 g/mol. The van der Waals surface area contributed by atoms with Gasteiger partial charge in [-0.2, -0.15) is 0 Å². The number of hydrogen-bond donors (Lipinski definition) is 2. The van der Waals surface area contributed by atoms with E-state index in [0.29, 0.717) is 5.56 Å². The van der Waals surface area contributed by atoms with Gasteiger partial charge in [-0.15, -0.1) is 0 Å². The number of amides is 3. The topological polar surface area (TPSA) is 86.7 Å². The maximum absolute atomic E-state index is 13.0. The summed E-state index contributed by atoms with van der Waals surface area (Å²) in [5.41, 5.74) is 1.56. The molecular weight excluding hydrogens is 383 g/mol. The summed E-state index contributed by atoms with van der Waals surface area (Å²) in [4.78, 5) is 38.0. The van der Waals surface area contributed by atoms with E-state index < -0.39 is 17.1 Å². The second kappa shape index (κ2) is 8.26. The zero-order valence-electron chi connectivity index (χ0n) is 14.9. The summed E-state index contributed by atoms with van der Waals surface area (Å²) in [5, 5.41) is 11.9. The Balaban J connectivity index is 1.61. The van der Waals surface area contributed by atoms with Gasteiger partial charge >= 0.3 is 0 Å². The lowest BCUT2D eigenvalue weighted by molar-refractivity contribution is -0.122. The molecule has 1 saturated heterocycles. The van der Waals surface area contributed by atoms with E-state index in [1.54, 1.807) is 19.1 Å². The Kier molecular flexibility index (Phi) is 5.79. The number of rotatable bonds is 5. The van der Waals surface area contributed by atoms with Crippen LogP contribution in [0.15, 0.2) is 47.4 Å². The van der Waals surface area contributed by atoms with Gasteiger partial charge in [0.05, 0.1) is 10.5 Å². The summed E-state index contributed by atoms with van der Waals surface area (Å²) in [6.07, 6.45) is 1.52. The van der Waals surface area contributed by atoms with Crippen LogP contribution in [0.5, 0.6) is 5.75 Å². The molecule has 1 heterocycles. The zero-order chi connectivity index (χ0) is 20.3. The normalized spacial score (nSPS) is 15.4. The van der Waals surface area contributed by atoms with Gasteiger partial charge in [0.1, 0.15) is 11.6 Å². The molecule has 0 atom stereocenters. The van der Waals surface area contributed by atoms with Gasteiger partial charge in [-0.25, -0.2) is 4.39 Å². The van der Waals surface area contributed by atoms with Crippen molar-refractivity contribution in [3.63, 3.8) is 0 Å². The van der Waals surface area contributed by atoms with Crippen molar-refractivity contribution in [2.24, 2.45) is 0 Å². The minimum absolute atomic E-state index is 0.00371. The molecule has 2 aromatic carbocycles. The Morgan fingerprint density at radius 3 is 2.64 bits per heavy atom. The molecule has 3 rings (SSSR count). The predicted molar refractivity (Wildman–Crippen MR) is 104 cm³/mol.